The summed E-state index contributed by atoms with van der Waals surface area (Å²) in [5.41, 5.74) is 5.76. The van der Waals surface area contributed by atoms with Gasteiger partial charge in [0.15, 0.2) is 0 Å². The van der Waals surface area contributed by atoms with E-state index in [0.717, 1.165) is 17.4 Å². The minimum absolute atomic E-state index is 0.232. The van der Waals surface area contributed by atoms with E-state index in [1.54, 1.807) is 6.92 Å². The first-order valence-corrected chi connectivity index (χ1v) is 6.66. The zero-order valence-corrected chi connectivity index (χ0v) is 12.5. The number of thiocarbonyl (C=S) groups is 1. The lowest BCUT2D eigenvalue weighted by atomic mass is 9.84. The fourth-order valence-corrected chi connectivity index (χ4v) is 2.06. The summed E-state index contributed by atoms with van der Waals surface area (Å²) in [6.07, 6.45) is 2.34. The van der Waals surface area contributed by atoms with Crippen molar-refractivity contribution in [1.29, 1.82) is 0 Å². The molecule has 1 aliphatic rings. The van der Waals surface area contributed by atoms with Gasteiger partial charge in [-0.1, -0.05) is 32.1 Å². The van der Waals surface area contributed by atoms with Crippen LogP contribution in [0.15, 0.2) is 27.9 Å². The number of rotatable bonds is 4. The summed E-state index contributed by atoms with van der Waals surface area (Å²) < 4.78 is 0. The number of hydrazone groups is 1. The zero-order chi connectivity index (χ0) is 14.6. The Hall–Kier alpha value is -1.33. The van der Waals surface area contributed by atoms with Crippen molar-refractivity contribution in [3.63, 3.8) is 0 Å². The van der Waals surface area contributed by atoms with Gasteiger partial charge in [0.1, 0.15) is 6.29 Å². The van der Waals surface area contributed by atoms with Gasteiger partial charge in [0, 0.05) is 12.0 Å². The molecule has 0 aromatic heterocycles. The maximum absolute atomic E-state index is 11.1. The molecule has 2 N–H and O–H groups in total. The molecule has 19 heavy (non-hydrogen) atoms. The molecule has 5 heteroatoms. The summed E-state index contributed by atoms with van der Waals surface area (Å²) in [5.74, 6) is 0.232. The molecule has 0 spiro atoms. The van der Waals surface area contributed by atoms with Gasteiger partial charge < -0.3 is 5.11 Å². The van der Waals surface area contributed by atoms with Crippen molar-refractivity contribution in [2.45, 2.75) is 40.2 Å². The molecule has 0 saturated carbocycles. The largest absolute Gasteiger partial charge is 0.388 e. The molecular formula is C14H20N2O2S. The zero-order valence-electron chi connectivity index (χ0n) is 11.7. The number of carbonyl (C=O) groups excluding carboxylic acids is 1. The topological polar surface area (TPSA) is 61.7 Å². The summed E-state index contributed by atoms with van der Waals surface area (Å²) in [6, 6.07) is 0. The normalized spacial score (nSPS) is 20.4. The van der Waals surface area contributed by atoms with Crippen LogP contribution in [0.5, 0.6) is 0 Å². The molecule has 1 unspecified atom stereocenters. The Kier molecular flexibility index (Phi) is 5.57. The Balaban J connectivity index is 3.12. The van der Waals surface area contributed by atoms with E-state index in [-0.39, 0.29) is 5.92 Å². The van der Waals surface area contributed by atoms with Crippen molar-refractivity contribution in [2.24, 2.45) is 11.0 Å². The van der Waals surface area contributed by atoms with Crippen molar-refractivity contribution in [3.8, 4) is 0 Å². The number of aliphatic hydroxyl groups excluding tert-OH is 1. The van der Waals surface area contributed by atoms with Gasteiger partial charge >= 0.3 is 0 Å². The molecule has 0 amide bonds. The lowest BCUT2D eigenvalue weighted by molar-refractivity contribution is -0.105. The van der Waals surface area contributed by atoms with E-state index < -0.39 is 6.10 Å². The van der Waals surface area contributed by atoms with Crippen molar-refractivity contribution in [2.75, 3.05) is 0 Å². The molecular weight excluding hydrogens is 260 g/mol. The Morgan fingerprint density at radius 3 is 2.68 bits per heavy atom. The summed E-state index contributed by atoms with van der Waals surface area (Å²) in [7, 11) is 0. The van der Waals surface area contributed by atoms with Gasteiger partial charge in [-0.2, -0.15) is 5.10 Å². The number of allylic oxidation sites excluding steroid dienone is 2. The average Bonchev–Trinajstić information content (AvgIpc) is 2.34. The Morgan fingerprint density at radius 1 is 1.58 bits per heavy atom. The average molecular weight is 280 g/mol. The third kappa shape index (κ3) is 4.08. The van der Waals surface area contributed by atoms with E-state index in [4.69, 9.17) is 12.2 Å². The molecule has 104 valence electrons. The molecule has 0 aromatic carbocycles. The van der Waals surface area contributed by atoms with Gasteiger partial charge in [-0.3, -0.25) is 10.2 Å². The van der Waals surface area contributed by atoms with Gasteiger partial charge in [0.05, 0.1) is 16.8 Å². The van der Waals surface area contributed by atoms with Crippen molar-refractivity contribution in [1.82, 2.24) is 5.43 Å². The Bertz CT molecular complexity index is 476. The molecule has 1 aliphatic carbocycles. The summed E-state index contributed by atoms with van der Waals surface area (Å²) in [5, 5.41) is 14.2. The van der Waals surface area contributed by atoms with Gasteiger partial charge in [-0.05, 0) is 30.9 Å². The van der Waals surface area contributed by atoms with Gasteiger partial charge in [0.25, 0.3) is 0 Å². The number of aliphatic hydroxyl groups is 1. The number of hydrogen-bond acceptors (Lipinski definition) is 4. The summed E-state index contributed by atoms with van der Waals surface area (Å²) in [4.78, 5) is 11.6. The lowest BCUT2D eigenvalue weighted by Gasteiger charge is -2.24. The second-order valence-electron chi connectivity index (χ2n) is 4.94. The molecule has 0 radical (unpaired) electrons. The first kappa shape index (κ1) is 15.7. The molecule has 0 aromatic rings. The van der Waals surface area contributed by atoms with Crippen LogP contribution in [0.4, 0.5) is 0 Å². The molecule has 1 atom stereocenters. The highest BCUT2D eigenvalue weighted by Crippen LogP contribution is 2.28. The summed E-state index contributed by atoms with van der Waals surface area (Å²) in [6.45, 7) is 7.60. The smallest absolute Gasteiger partial charge is 0.146 e. The highest BCUT2D eigenvalue weighted by atomic mass is 32.1. The van der Waals surface area contributed by atoms with Crippen LogP contribution in [0.25, 0.3) is 0 Å². The molecule has 0 saturated heterocycles. The van der Waals surface area contributed by atoms with E-state index >= 15 is 0 Å². The van der Waals surface area contributed by atoms with Crippen molar-refractivity contribution >= 4 is 29.2 Å². The van der Waals surface area contributed by atoms with Gasteiger partial charge in [-0.15, -0.1) is 0 Å². The van der Waals surface area contributed by atoms with Crippen LogP contribution in [-0.2, 0) is 4.79 Å². The van der Waals surface area contributed by atoms with Crippen LogP contribution in [0, 0.1) is 5.92 Å². The van der Waals surface area contributed by atoms with Crippen LogP contribution in [0.3, 0.4) is 0 Å². The van der Waals surface area contributed by atoms with E-state index in [9.17, 15) is 9.90 Å². The van der Waals surface area contributed by atoms with E-state index in [0.29, 0.717) is 22.7 Å². The number of nitrogens with zero attached hydrogens (tertiary/aromatic N) is 1. The first-order valence-electron chi connectivity index (χ1n) is 6.26. The number of hydrogen-bond donors (Lipinski definition) is 2. The Morgan fingerprint density at radius 2 is 2.21 bits per heavy atom. The maximum Gasteiger partial charge on any atom is 0.146 e. The molecule has 0 heterocycles. The second-order valence-corrected chi connectivity index (χ2v) is 5.55. The third-order valence-electron chi connectivity index (χ3n) is 3.02. The SMILES string of the molecule is CC(=S)N/N=C(\C)C1=CC(C(C)C)=C(C=O)CC1O. The molecule has 0 bridgehead atoms. The molecule has 0 fully saturated rings. The van der Waals surface area contributed by atoms with Crippen LogP contribution in [-0.4, -0.2) is 28.2 Å². The predicted molar refractivity (Wildman–Crippen MR) is 81.2 cm³/mol. The van der Waals surface area contributed by atoms with Crippen molar-refractivity contribution in [3.05, 3.63) is 22.8 Å². The predicted octanol–water partition coefficient (Wildman–Crippen LogP) is 2.14. The highest BCUT2D eigenvalue weighted by Gasteiger charge is 2.24. The van der Waals surface area contributed by atoms with Crippen LogP contribution in [0.1, 0.15) is 34.1 Å². The third-order valence-corrected chi connectivity index (χ3v) is 3.11. The minimum Gasteiger partial charge on any atom is -0.388 e. The molecule has 4 nitrogen and oxygen atoms in total. The van der Waals surface area contributed by atoms with Crippen molar-refractivity contribution < 1.29 is 9.90 Å². The quantitative estimate of drug-likeness (QED) is 0.358. The number of aldehydes is 1. The molecule has 0 aliphatic heterocycles. The lowest BCUT2D eigenvalue weighted by Crippen LogP contribution is -2.24. The second kappa shape index (κ2) is 6.73. The fraction of sp³-hybridized carbons (Fsp3) is 0.500. The maximum atomic E-state index is 11.1. The summed E-state index contributed by atoms with van der Waals surface area (Å²) >= 11 is 4.89. The van der Waals surface area contributed by atoms with E-state index in [1.807, 2.05) is 26.8 Å². The monoisotopic (exact) mass is 280 g/mol. The highest BCUT2D eigenvalue weighted by molar-refractivity contribution is 7.80. The van der Waals surface area contributed by atoms with Crippen LogP contribution < -0.4 is 5.43 Å². The number of carbonyl (C=O) groups is 1. The number of nitrogens with one attached hydrogen (secondary N) is 1. The van der Waals surface area contributed by atoms with E-state index in [2.05, 4.69) is 10.5 Å². The Labute approximate surface area is 119 Å². The van der Waals surface area contributed by atoms with Crippen LogP contribution >= 0.6 is 12.2 Å². The standard InChI is InChI=1S/C14H20N2O2S/c1-8(2)12-6-13(9(3)15-16-10(4)19)14(18)5-11(12)7-17/h6-8,14,18H,5H2,1-4H3,(H,16,19)/b15-9+. The minimum atomic E-state index is -0.696. The van der Waals surface area contributed by atoms with Gasteiger partial charge in [0.2, 0.25) is 0 Å². The fourth-order valence-electron chi connectivity index (χ4n) is 2.02. The first-order chi connectivity index (χ1) is 8.86. The van der Waals surface area contributed by atoms with E-state index in [1.165, 1.54) is 0 Å². The molecule has 1 rings (SSSR count). The van der Waals surface area contributed by atoms with Crippen LogP contribution in [0.2, 0.25) is 0 Å². The van der Waals surface area contributed by atoms with Gasteiger partial charge in [-0.25, -0.2) is 0 Å².